The largest absolute Gasteiger partial charge is 0.479 e. The molecule has 402 valence electrons. The minimum absolute atomic E-state index is 0.0652. The molecule has 1 rings (SSSR count). The maximum Gasteiger partial charge on any atom is 0.335 e. The Labute approximate surface area is 419 Å². The van der Waals surface area contributed by atoms with E-state index in [9.17, 15) is 34.5 Å². The molecule has 0 bridgehead atoms. The van der Waals surface area contributed by atoms with Gasteiger partial charge in [0.25, 0.3) is 0 Å². The molecule has 1 fully saturated rings. The molecule has 1 heterocycles. The first kappa shape index (κ1) is 64.2. The van der Waals surface area contributed by atoms with Crippen LogP contribution in [0, 0.1) is 0 Å². The lowest BCUT2D eigenvalue weighted by atomic mass is 9.98. The summed E-state index contributed by atoms with van der Waals surface area (Å²) < 4.78 is 28.3. The standard InChI is InChI=1S/C57H102O12/c1-4-7-10-13-16-19-21-22-23-24-25-26-27-28-30-32-34-37-40-43-49(58)65-46-48(67-50(59)44-41-38-36-33-29-20-17-14-11-8-5-2)47-66-57-55(53(62)52(61)54(69-57)56(63)64)68-51(60)45-42-39-35-31-18-15-12-9-6-3/h16,19,22-23,48,52-55,57,61-62H,4-15,17-18,20-21,24-47H2,1-3H3,(H,63,64)/b19-16-,23-22-. The number of aliphatic hydroxyl groups excluding tert-OH is 2. The Balaban J connectivity index is 2.64. The van der Waals surface area contributed by atoms with Gasteiger partial charge in [-0.15, -0.1) is 0 Å². The topological polar surface area (TPSA) is 175 Å². The van der Waals surface area contributed by atoms with Crippen molar-refractivity contribution in [2.45, 2.75) is 302 Å². The number of hydrogen-bond acceptors (Lipinski definition) is 11. The Morgan fingerprint density at radius 1 is 0.478 bits per heavy atom. The first-order valence-corrected chi connectivity index (χ1v) is 28.3. The average molecular weight is 979 g/mol. The number of aliphatic hydroxyl groups is 2. The highest BCUT2D eigenvalue weighted by Gasteiger charge is 2.50. The van der Waals surface area contributed by atoms with Crippen molar-refractivity contribution >= 4 is 23.9 Å². The third-order valence-corrected chi connectivity index (χ3v) is 13.0. The van der Waals surface area contributed by atoms with Crippen LogP contribution >= 0.6 is 0 Å². The number of allylic oxidation sites excluding steroid dienone is 4. The molecule has 0 spiro atoms. The summed E-state index contributed by atoms with van der Waals surface area (Å²) >= 11 is 0. The second-order valence-electron chi connectivity index (χ2n) is 19.6. The number of ether oxygens (including phenoxy) is 5. The molecule has 6 unspecified atom stereocenters. The summed E-state index contributed by atoms with van der Waals surface area (Å²) in [5.74, 6) is -3.10. The second kappa shape index (κ2) is 46.3. The van der Waals surface area contributed by atoms with Crippen molar-refractivity contribution in [3.63, 3.8) is 0 Å². The van der Waals surface area contributed by atoms with Gasteiger partial charge in [-0.3, -0.25) is 14.4 Å². The minimum Gasteiger partial charge on any atom is -0.479 e. The minimum atomic E-state index is -1.89. The maximum atomic E-state index is 13.1. The van der Waals surface area contributed by atoms with Crippen molar-refractivity contribution in [2.75, 3.05) is 13.2 Å². The van der Waals surface area contributed by atoms with Crippen LogP contribution in [0.4, 0.5) is 0 Å². The van der Waals surface area contributed by atoms with Crippen molar-refractivity contribution < 1.29 is 58.2 Å². The lowest BCUT2D eigenvalue weighted by Gasteiger charge is -2.40. The van der Waals surface area contributed by atoms with Crippen LogP contribution in [0.3, 0.4) is 0 Å². The first-order valence-electron chi connectivity index (χ1n) is 28.3. The van der Waals surface area contributed by atoms with E-state index < -0.39 is 67.3 Å². The molecule has 12 heteroatoms. The van der Waals surface area contributed by atoms with Crippen molar-refractivity contribution in [3.8, 4) is 0 Å². The smallest absolute Gasteiger partial charge is 0.335 e. The number of rotatable bonds is 48. The molecule has 0 aromatic heterocycles. The van der Waals surface area contributed by atoms with Crippen molar-refractivity contribution in [1.82, 2.24) is 0 Å². The fraction of sp³-hybridized carbons (Fsp3) is 0.860. The van der Waals surface area contributed by atoms with Crippen LogP contribution in [-0.4, -0.2) is 89.2 Å². The fourth-order valence-corrected chi connectivity index (χ4v) is 8.63. The molecule has 6 atom stereocenters. The monoisotopic (exact) mass is 979 g/mol. The summed E-state index contributed by atoms with van der Waals surface area (Å²) in [5, 5.41) is 31.3. The van der Waals surface area contributed by atoms with Gasteiger partial charge < -0.3 is 39.0 Å². The SMILES string of the molecule is CCCCC/C=C\C/C=C\CCCCCCCCCCCC(=O)OCC(COC1OC(C(=O)O)C(O)C(O)C1OC(=O)CCCCCCCCCCC)OC(=O)CCCCCCCCCCCCC. The Hall–Kier alpha value is -2.80. The summed E-state index contributed by atoms with van der Waals surface area (Å²) in [6, 6.07) is 0. The highest BCUT2D eigenvalue weighted by atomic mass is 16.7. The molecule has 0 saturated carbocycles. The van der Waals surface area contributed by atoms with E-state index in [-0.39, 0.29) is 25.9 Å². The molecule has 3 N–H and O–H groups in total. The molecule has 0 amide bonds. The van der Waals surface area contributed by atoms with E-state index >= 15 is 0 Å². The Kier molecular flexibility index (Phi) is 43.1. The number of carbonyl (C=O) groups excluding carboxylic acids is 3. The quantitative estimate of drug-likeness (QED) is 0.0228. The van der Waals surface area contributed by atoms with Crippen molar-refractivity contribution in [1.29, 1.82) is 0 Å². The summed E-state index contributed by atoms with van der Waals surface area (Å²) in [4.78, 5) is 50.8. The van der Waals surface area contributed by atoms with E-state index in [2.05, 4.69) is 45.1 Å². The molecular formula is C57H102O12. The first-order chi connectivity index (χ1) is 33.6. The zero-order valence-corrected chi connectivity index (χ0v) is 44.1. The second-order valence-corrected chi connectivity index (χ2v) is 19.6. The molecule has 1 aliphatic rings. The van der Waals surface area contributed by atoms with Crippen LogP contribution in [-0.2, 0) is 42.9 Å². The van der Waals surface area contributed by atoms with Crippen LogP contribution in [0.2, 0.25) is 0 Å². The van der Waals surface area contributed by atoms with Gasteiger partial charge in [0, 0.05) is 19.3 Å². The number of carboxylic acids is 1. The van der Waals surface area contributed by atoms with Gasteiger partial charge in [0.15, 0.2) is 24.6 Å². The van der Waals surface area contributed by atoms with Crippen LogP contribution in [0.15, 0.2) is 24.3 Å². The van der Waals surface area contributed by atoms with Crippen molar-refractivity contribution in [2.24, 2.45) is 0 Å². The van der Waals surface area contributed by atoms with E-state index in [0.717, 1.165) is 77.0 Å². The third kappa shape index (κ3) is 36.7. The Bertz CT molecular complexity index is 1300. The molecular weight excluding hydrogens is 877 g/mol. The van der Waals surface area contributed by atoms with E-state index in [1.165, 1.54) is 128 Å². The molecule has 0 aromatic rings. The predicted molar refractivity (Wildman–Crippen MR) is 276 cm³/mol. The molecule has 1 saturated heterocycles. The lowest BCUT2D eigenvalue weighted by Crippen LogP contribution is -2.61. The van der Waals surface area contributed by atoms with E-state index in [0.29, 0.717) is 19.3 Å². The van der Waals surface area contributed by atoms with Crippen LogP contribution in [0.1, 0.15) is 265 Å². The van der Waals surface area contributed by atoms with E-state index in [4.69, 9.17) is 23.7 Å². The lowest BCUT2D eigenvalue weighted by molar-refractivity contribution is -0.301. The van der Waals surface area contributed by atoms with Gasteiger partial charge in [-0.2, -0.15) is 0 Å². The number of unbranched alkanes of at least 4 members (excludes halogenated alkanes) is 30. The Morgan fingerprint density at radius 3 is 1.33 bits per heavy atom. The average Bonchev–Trinajstić information content (AvgIpc) is 3.33. The zero-order valence-electron chi connectivity index (χ0n) is 44.1. The van der Waals surface area contributed by atoms with Gasteiger partial charge in [0.1, 0.15) is 18.8 Å². The number of hydrogen-bond donors (Lipinski definition) is 3. The van der Waals surface area contributed by atoms with Gasteiger partial charge in [-0.25, -0.2) is 4.79 Å². The predicted octanol–water partition coefficient (Wildman–Crippen LogP) is 13.9. The highest BCUT2D eigenvalue weighted by Crippen LogP contribution is 2.26. The molecule has 0 radical (unpaired) electrons. The number of carboxylic acid groups (broad SMARTS) is 1. The summed E-state index contributed by atoms with van der Waals surface area (Å²) in [6.45, 7) is 5.93. The van der Waals surface area contributed by atoms with E-state index in [1.54, 1.807) is 0 Å². The van der Waals surface area contributed by atoms with Gasteiger partial charge in [-0.1, -0.05) is 218 Å². The summed E-state index contributed by atoms with van der Waals surface area (Å²) in [5.41, 5.74) is 0. The third-order valence-electron chi connectivity index (χ3n) is 13.0. The number of esters is 3. The van der Waals surface area contributed by atoms with E-state index in [1.807, 2.05) is 0 Å². The number of aliphatic carboxylic acids is 1. The normalized spacial score (nSPS) is 18.8. The van der Waals surface area contributed by atoms with Crippen molar-refractivity contribution in [3.05, 3.63) is 24.3 Å². The summed E-state index contributed by atoms with van der Waals surface area (Å²) in [7, 11) is 0. The molecule has 12 nitrogen and oxygen atoms in total. The van der Waals surface area contributed by atoms with Crippen LogP contribution in [0.5, 0.6) is 0 Å². The number of carbonyl (C=O) groups is 4. The Morgan fingerprint density at radius 2 is 0.870 bits per heavy atom. The molecule has 0 aliphatic carbocycles. The maximum absolute atomic E-state index is 13.1. The summed E-state index contributed by atoms with van der Waals surface area (Å²) in [6.07, 6.45) is 38.9. The van der Waals surface area contributed by atoms with Gasteiger partial charge in [0.2, 0.25) is 0 Å². The van der Waals surface area contributed by atoms with Crippen LogP contribution in [0.25, 0.3) is 0 Å². The van der Waals surface area contributed by atoms with Gasteiger partial charge in [0.05, 0.1) is 6.61 Å². The van der Waals surface area contributed by atoms with Gasteiger partial charge >= 0.3 is 23.9 Å². The molecule has 69 heavy (non-hydrogen) atoms. The molecule has 1 aliphatic heterocycles. The zero-order chi connectivity index (χ0) is 50.4. The highest BCUT2D eigenvalue weighted by molar-refractivity contribution is 5.74. The van der Waals surface area contributed by atoms with Crippen LogP contribution < -0.4 is 0 Å². The fourth-order valence-electron chi connectivity index (χ4n) is 8.63. The van der Waals surface area contributed by atoms with Gasteiger partial charge in [-0.05, 0) is 51.4 Å². The molecule has 0 aromatic carbocycles.